The van der Waals surface area contributed by atoms with Crippen LogP contribution in [0, 0.1) is 29.1 Å². The summed E-state index contributed by atoms with van der Waals surface area (Å²) in [7, 11) is 0. The molecule has 1 saturated carbocycles. The van der Waals surface area contributed by atoms with E-state index in [2.05, 4.69) is 45.3 Å². The van der Waals surface area contributed by atoms with E-state index in [0.29, 0.717) is 37.8 Å². The van der Waals surface area contributed by atoms with Crippen LogP contribution in [0.15, 0.2) is 0 Å². The first kappa shape index (κ1) is 29.7. The summed E-state index contributed by atoms with van der Waals surface area (Å²) in [5, 5.41) is 6.71. The number of piperidine rings is 1. The van der Waals surface area contributed by atoms with Crippen LogP contribution in [0.2, 0.25) is 0 Å². The van der Waals surface area contributed by atoms with Gasteiger partial charge in [-0.05, 0) is 36.0 Å². The number of alkyl halides is 3. The van der Waals surface area contributed by atoms with Gasteiger partial charge in [0, 0.05) is 25.6 Å². The maximum atomic E-state index is 11.9. The highest BCUT2D eigenvalue weighted by Crippen LogP contribution is 2.61. The minimum absolute atomic E-state index is 0.0348. The minimum Gasteiger partial charge on any atom is -0.356 e. The lowest BCUT2D eigenvalue weighted by molar-refractivity contribution is -0.174. The van der Waals surface area contributed by atoms with Crippen LogP contribution in [0.3, 0.4) is 0 Å². The molecular weight excluding hydrogens is 455 g/mol. The second kappa shape index (κ2) is 12.4. The molecule has 3 fully saturated rings. The number of nitrogens with one attached hydrogen (secondary N) is 3. The van der Waals surface area contributed by atoms with E-state index in [4.69, 9.17) is 5.73 Å². The Bertz CT molecular complexity index is 713. The Morgan fingerprint density at radius 2 is 1.76 bits per heavy atom. The zero-order valence-corrected chi connectivity index (χ0v) is 20.5. The van der Waals surface area contributed by atoms with Gasteiger partial charge < -0.3 is 26.6 Å². The number of halogens is 3. The van der Waals surface area contributed by atoms with Gasteiger partial charge in [-0.2, -0.15) is 13.2 Å². The molecule has 1 aliphatic carbocycles. The van der Waals surface area contributed by atoms with Crippen molar-refractivity contribution in [1.82, 2.24) is 20.9 Å². The summed E-state index contributed by atoms with van der Waals surface area (Å²) in [5.41, 5.74) is 5.75. The summed E-state index contributed by atoms with van der Waals surface area (Å²) in [4.78, 5) is 44.7. The Morgan fingerprint density at radius 3 is 2.18 bits per heavy atom. The van der Waals surface area contributed by atoms with E-state index in [1.165, 1.54) is 4.90 Å². The average Bonchev–Trinajstić information content (AvgIpc) is 3.10. The van der Waals surface area contributed by atoms with Crippen molar-refractivity contribution in [2.75, 3.05) is 26.2 Å². The fraction of sp³-hybridized carbons (Fsp3) is 0.818. The van der Waals surface area contributed by atoms with E-state index in [0.717, 1.165) is 18.9 Å². The number of amides is 4. The van der Waals surface area contributed by atoms with Crippen molar-refractivity contribution in [3.8, 4) is 0 Å². The Labute approximate surface area is 198 Å². The molecule has 0 spiro atoms. The van der Waals surface area contributed by atoms with Crippen LogP contribution >= 0.6 is 0 Å². The summed E-state index contributed by atoms with van der Waals surface area (Å²) in [6.07, 6.45) is -3.46. The number of nitrogens with zero attached hydrogens (tertiary/aromatic N) is 1. The van der Waals surface area contributed by atoms with Crippen molar-refractivity contribution in [3.63, 3.8) is 0 Å². The van der Waals surface area contributed by atoms with Crippen LogP contribution in [-0.4, -0.2) is 67.6 Å². The number of hydrogen-bond acceptors (Lipinski definition) is 5. The van der Waals surface area contributed by atoms with Crippen molar-refractivity contribution >= 4 is 24.1 Å². The predicted octanol–water partition coefficient (Wildman–Crippen LogP) is 0.985. The molecule has 0 aromatic carbocycles. The Kier molecular flexibility index (Phi) is 10.8. The Balaban J connectivity index is 0.000000312. The maximum absolute atomic E-state index is 11.9. The molecule has 4 amide bonds. The standard InChI is InChI=1S/C11H15F3N2O2.C7H13N3O2.C4H10/c1-10(2)6-4-16(5-7(6)10)8(17)3-15-9(18)11(12,13)14;8-6(10-4-11)3-5-1-2-9-7(5)12;1-4(2)3/h6-7H,3-5H2,1-2H3,(H,15,18);4-6H,1-3,8H2,(H,9,12)(H,10,11);4H,1-3H3. The highest BCUT2D eigenvalue weighted by atomic mass is 19.4. The lowest BCUT2D eigenvalue weighted by Crippen LogP contribution is -2.44. The number of likely N-dealkylation sites (tertiary alicyclic amines) is 1. The zero-order chi connectivity index (χ0) is 26.3. The van der Waals surface area contributed by atoms with Gasteiger partial charge >= 0.3 is 12.1 Å². The van der Waals surface area contributed by atoms with Crippen LogP contribution in [0.25, 0.3) is 0 Å². The molecule has 9 nitrogen and oxygen atoms in total. The molecule has 5 N–H and O–H groups in total. The maximum Gasteiger partial charge on any atom is 0.471 e. The monoisotopic (exact) mass is 493 g/mol. The van der Waals surface area contributed by atoms with Gasteiger partial charge in [-0.15, -0.1) is 0 Å². The number of fused-ring (bicyclic) bond motifs is 1. The first-order valence-electron chi connectivity index (χ1n) is 11.5. The van der Waals surface area contributed by atoms with Crippen LogP contribution in [0.5, 0.6) is 0 Å². The molecule has 34 heavy (non-hydrogen) atoms. The van der Waals surface area contributed by atoms with Gasteiger partial charge in [0.15, 0.2) is 0 Å². The number of carbonyl (C=O) groups is 4. The number of carbonyl (C=O) groups excluding carboxylic acids is 4. The third-order valence-electron chi connectivity index (χ3n) is 6.12. The van der Waals surface area contributed by atoms with Gasteiger partial charge in [0.25, 0.3) is 0 Å². The summed E-state index contributed by atoms with van der Waals surface area (Å²) in [5.74, 6) is -0.790. The summed E-state index contributed by atoms with van der Waals surface area (Å²) < 4.78 is 35.7. The zero-order valence-electron chi connectivity index (χ0n) is 20.5. The van der Waals surface area contributed by atoms with Gasteiger partial charge in [-0.1, -0.05) is 34.6 Å². The van der Waals surface area contributed by atoms with Crippen LogP contribution in [0.4, 0.5) is 13.2 Å². The molecule has 12 heteroatoms. The quantitative estimate of drug-likeness (QED) is 0.323. The van der Waals surface area contributed by atoms with E-state index in [1.54, 1.807) is 5.32 Å². The van der Waals surface area contributed by atoms with Gasteiger partial charge in [0.05, 0.1) is 12.7 Å². The molecule has 3 rings (SSSR count). The molecule has 4 unspecified atom stereocenters. The van der Waals surface area contributed by atoms with Crippen molar-refractivity contribution in [3.05, 3.63) is 0 Å². The number of rotatable bonds is 6. The average molecular weight is 494 g/mol. The summed E-state index contributed by atoms with van der Waals surface area (Å²) in [6.45, 7) is 12.0. The van der Waals surface area contributed by atoms with Crippen LogP contribution in [-0.2, 0) is 19.2 Å². The predicted molar refractivity (Wildman–Crippen MR) is 120 cm³/mol. The Morgan fingerprint density at radius 1 is 1.24 bits per heavy atom. The molecule has 0 aromatic rings. The van der Waals surface area contributed by atoms with Crippen molar-refractivity contribution in [1.29, 1.82) is 0 Å². The molecule has 2 heterocycles. The molecular formula is C22H38F3N5O4. The normalized spacial score (nSPS) is 25.1. The smallest absolute Gasteiger partial charge is 0.356 e. The summed E-state index contributed by atoms with van der Waals surface area (Å²) >= 11 is 0. The van der Waals surface area contributed by atoms with E-state index < -0.39 is 30.7 Å². The first-order chi connectivity index (χ1) is 15.6. The second-order valence-electron chi connectivity index (χ2n) is 10.1. The third kappa shape index (κ3) is 9.11. The molecule has 2 aliphatic heterocycles. The topological polar surface area (TPSA) is 134 Å². The summed E-state index contributed by atoms with van der Waals surface area (Å²) in [6, 6.07) is 0. The number of nitrogens with two attached hydrogens (primary N) is 1. The fourth-order valence-corrected chi connectivity index (χ4v) is 4.04. The van der Waals surface area contributed by atoms with Gasteiger partial charge in [-0.3, -0.25) is 19.2 Å². The highest BCUT2D eigenvalue weighted by Gasteiger charge is 2.62. The van der Waals surface area contributed by atoms with E-state index in [-0.39, 0.29) is 17.2 Å². The van der Waals surface area contributed by atoms with Crippen LogP contribution in [0.1, 0.15) is 47.5 Å². The van der Waals surface area contributed by atoms with Gasteiger partial charge in [0.1, 0.15) is 0 Å². The largest absolute Gasteiger partial charge is 0.471 e. The van der Waals surface area contributed by atoms with E-state index in [1.807, 2.05) is 0 Å². The second-order valence-corrected chi connectivity index (χ2v) is 10.1. The SMILES string of the molecule is CC(C)C.CC1(C)C2CN(C(=O)CNC(=O)C(F)(F)F)CC21.NC(CC1CCNC1=O)NC=O. The lowest BCUT2D eigenvalue weighted by atomic mass is 10.0. The molecule has 196 valence electrons. The molecule has 2 saturated heterocycles. The Hall–Kier alpha value is -2.37. The molecule has 4 atom stereocenters. The van der Waals surface area contributed by atoms with Crippen molar-refractivity contribution in [2.24, 2.45) is 34.8 Å². The minimum atomic E-state index is -4.94. The first-order valence-corrected chi connectivity index (χ1v) is 11.5. The fourth-order valence-electron chi connectivity index (χ4n) is 4.04. The highest BCUT2D eigenvalue weighted by molar-refractivity contribution is 5.87. The molecule has 0 radical (unpaired) electrons. The molecule has 0 bridgehead atoms. The molecule has 0 aromatic heterocycles. The third-order valence-corrected chi connectivity index (χ3v) is 6.12. The van der Waals surface area contributed by atoms with Gasteiger partial charge in [0.2, 0.25) is 18.2 Å². The molecule has 3 aliphatic rings. The lowest BCUT2D eigenvalue weighted by Gasteiger charge is -2.22. The van der Waals surface area contributed by atoms with E-state index in [9.17, 15) is 32.3 Å². The van der Waals surface area contributed by atoms with Crippen molar-refractivity contribution in [2.45, 2.75) is 59.8 Å². The van der Waals surface area contributed by atoms with Crippen molar-refractivity contribution < 1.29 is 32.3 Å². The van der Waals surface area contributed by atoms with Crippen LogP contribution < -0.4 is 21.7 Å². The van der Waals surface area contributed by atoms with E-state index >= 15 is 0 Å². The number of hydrogen-bond donors (Lipinski definition) is 4. The van der Waals surface area contributed by atoms with Gasteiger partial charge in [-0.25, -0.2) is 0 Å².